The van der Waals surface area contributed by atoms with Gasteiger partial charge < -0.3 is 4.74 Å². The fraction of sp³-hybridized carbons (Fsp3) is 0.216. The van der Waals surface area contributed by atoms with Gasteiger partial charge in [-0.05, 0) is 81.4 Å². The van der Waals surface area contributed by atoms with E-state index in [0.717, 1.165) is 16.7 Å². The van der Waals surface area contributed by atoms with Crippen molar-refractivity contribution in [2.24, 2.45) is 0 Å². The van der Waals surface area contributed by atoms with E-state index >= 15 is 0 Å². The van der Waals surface area contributed by atoms with Crippen LogP contribution in [0.25, 0.3) is 22.4 Å². The van der Waals surface area contributed by atoms with E-state index < -0.39 is 67.3 Å². The van der Waals surface area contributed by atoms with E-state index in [1.54, 1.807) is 57.2 Å². The van der Waals surface area contributed by atoms with Crippen molar-refractivity contribution in [1.82, 2.24) is 19.5 Å². The average Bonchev–Trinajstić information content (AvgIpc) is 3.72. The number of imidazole rings is 1. The van der Waals surface area contributed by atoms with Crippen LogP contribution in [0.3, 0.4) is 0 Å². The van der Waals surface area contributed by atoms with Crippen LogP contribution in [-0.4, -0.2) is 69.7 Å². The molecule has 14 nitrogen and oxygen atoms in total. The van der Waals surface area contributed by atoms with Crippen molar-refractivity contribution in [2.75, 3.05) is 6.61 Å². The summed E-state index contributed by atoms with van der Waals surface area (Å²) in [6, 6.07) is 22.7. The molecule has 4 aromatic carbocycles. The second kappa shape index (κ2) is 14.9. The molecule has 4 atom stereocenters. The third-order valence-corrected chi connectivity index (χ3v) is 12.8. The summed E-state index contributed by atoms with van der Waals surface area (Å²) in [6.45, 7) is 4.47. The van der Waals surface area contributed by atoms with Crippen LogP contribution in [0, 0.1) is 26.6 Å². The first-order chi connectivity index (χ1) is 26.1. The maximum atomic E-state index is 13.9. The summed E-state index contributed by atoms with van der Waals surface area (Å²) in [5.74, 6) is -0.474. The van der Waals surface area contributed by atoms with Gasteiger partial charge in [0.05, 0.1) is 27.6 Å². The molecule has 6 aromatic rings. The Balaban J connectivity index is 1.34. The normalized spacial score (nSPS) is 19.2. The molecule has 1 aliphatic heterocycles. The molecule has 0 spiro atoms. The zero-order valence-electron chi connectivity index (χ0n) is 29.4. The number of fused-ring (bicyclic) bond motifs is 1. The van der Waals surface area contributed by atoms with Gasteiger partial charge >= 0.3 is 0 Å². The molecule has 0 N–H and O–H groups in total. The number of benzene rings is 4. The molecular weight excluding hydrogens is 776 g/mol. The predicted octanol–water partition coefficient (Wildman–Crippen LogP) is 5.41. The average molecular weight is 809 g/mol. The minimum absolute atomic E-state index is 0.0923. The standard InChI is InChI=1S/C37H33FN4O10S3/c1-23-4-14-28(15-5-23)53(43,44)49-20-31-34(51-54(45,46)29-16-6-24(2)7-17-29)35(52-55(47,48)30-18-8-25(3)9-19-30)37(50-31)42-22-41-33-32(39-21-40-36(33)42)26-10-12-27(38)13-11-26/h4-19,21-22,31,34-35,37H,20H2,1-3H3/t31-,34-,35-,37-/m1/s1. The van der Waals surface area contributed by atoms with Gasteiger partial charge in [0.15, 0.2) is 18.0 Å². The zero-order valence-corrected chi connectivity index (χ0v) is 31.8. The third-order valence-electron chi connectivity index (χ3n) is 8.83. The van der Waals surface area contributed by atoms with Crippen molar-refractivity contribution >= 4 is 41.5 Å². The second-order valence-corrected chi connectivity index (χ2v) is 17.6. The first kappa shape index (κ1) is 38.3. The molecule has 3 heterocycles. The summed E-state index contributed by atoms with van der Waals surface area (Å²) in [4.78, 5) is 12.4. The topological polar surface area (TPSA) is 183 Å². The molecule has 2 aromatic heterocycles. The number of halogens is 1. The van der Waals surface area contributed by atoms with Crippen LogP contribution < -0.4 is 0 Å². The maximum absolute atomic E-state index is 13.9. The Morgan fingerprint density at radius 1 is 0.636 bits per heavy atom. The highest BCUT2D eigenvalue weighted by molar-refractivity contribution is 7.87. The highest BCUT2D eigenvalue weighted by Gasteiger charge is 2.53. The van der Waals surface area contributed by atoms with Crippen molar-refractivity contribution in [3.05, 3.63) is 132 Å². The molecule has 286 valence electrons. The van der Waals surface area contributed by atoms with Crippen LogP contribution >= 0.6 is 0 Å². The van der Waals surface area contributed by atoms with Gasteiger partial charge in [0.25, 0.3) is 30.4 Å². The number of aromatic nitrogens is 4. The van der Waals surface area contributed by atoms with Crippen molar-refractivity contribution < 1.29 is 46.9 Å². The van der Waals surface area contributed by atoms with Crippen LogP contribution in [0.2, 0.25) is 0 Å². The molecule has 0 aliphatic carbocycles. The minimum Gasteiger partial charge on any atom is -0.346 e. The molecule has 1 saturated heterocycles. The summed E-state index contributed by atoms with van der Waals surface area (Å²) in [5.41, 5.74) is 3.39. The predicted molar refractivity (Wildman–Crippen MR) is 195 cm³/mol. The second-order valence-electron chi connectivity index (χ2n) is 12.8. The van der Waals surface area contributed by atoms with Gasteiger partial charge in [-0.15, -0.1) is 0 Å². The molecule has 0 bridgehead atoms. The van der Waals surface area contributed by atoms with Crippen molar-refractivity contribution in [3.8, 4) is 11.3 Å². The van der Waals surface area contributed by atoms with Crippen LogP contribution in [-0.2, 0) is 47.6 Å². The van der Waals surface area contributed by atoms with Gasteiger partial charge in [0.2, 0.25) is 0 Å². The smallest absolute Gasteiger partial charge is 0.297 e. The number of hydrogen-bond acceptors (Lipinski definition) is 13. The lowest BCUT2D eigenvalue weighted by atomic mass is 10.1. The van der Waals surface area contributed by atoms with Crippen LogP contribution in [0.5, 0.6) is 0 Å². The molecule has 7 rings (SSSR count). The van der Waals surface area contributed by atoms with E-state index in [1.807, 2.05) is 0 Å². The Morgan fingerprint density at radius 2 is 1.13 bits per heavy atom. The Morgan fingerprint density at radius 3 is 1.65 bits per heavy atom. The van der Waals surface area contributed by atoms with E-state index in [-0.39, 0.29) is 25.9 Å². The molecule has 0 unspecified atom stereocenters. The van der Waals surface area contributed by atoms with Crippen molar-refractivity contribution in [1.29, 1.82) is 0 Å². The maximum Gasteiger partial charge on any atom is 0.297 e. The van der Waals surface area contributed by atoms with Gasteiger partial charge in [-0.25, -0.2) is 19.3 Å². The van der Waals surface area contributed by atoms with Crippen LogP contribution in [0.4, 0.5) is 4.39 Å². The zero-order chi connectivity index (χ0) is 39.1. The van der Waals surface area contributed by atoms with Gasteiger partial charge in [0, 0.05) is 5.56 Å². The third kappa shape index (κ3) is 8.06. The Hall–Kier alpha value is -4.95. The molecule has 1 fully saturated rings. The van der Waals surface area contributed by atoms with E-state index in [4.69, 9.17) is 17.3 Å². The minimum atomic E-state index is -4.68. The van der Waals surface area contributed by atoms with Crippen LogP contribution in [0.1, 0.15) is 22.9 Å². The molecule has 1 aliphatic rings. The molecule has 0 amide bonds. The molecule has 18 heteroatoms. The number of nitrogens with zero attached hydrogens (tertiary/aromatic N) is 4. The summed E-state index contributed by atoms with van der Waals surface area (Å²) < 4.78 is 121. The fourth-order valence-corrected chi connectivity index (χ4v) is 8.99. The van der Waals surface area contributed by atoms with E-state index in [0.29, 0.717) is 11.3 Å². The number of aryl methyl sites for hydroxylation is 3. The van der Waals surface area contributed by atoms with Crippen LogP contribution in [0.15, 0.2) is 124 Å². The highest BCUT2D eigenvalue weighted by Crippen LogP contribution is 2.40. The van der Waals surface area contributed by atoms with Gasteiger partial charge in [-0.1, -0.05) is 53.1 Å². The first-order valence-electron chi connectivity index (χ1n) is 16.7. The first-order valence-corrected chi connectivity index (χ1v) is 20.9. The van der Waals surface area contributed by atoms with E-state index in [9.17, 15) is 29.6 Å². The van der Waals surface area contributed by atoms with E-state index in [1.165, 1.54) is 77.9 Å². The van der Waals surface area contributed by atoms with Crippen molar-refractivity contribution in [3.63, 3.8) is 0 Å². The summed E-state index contributed by atoms with van der Waals surface area (Å²) in [6.07, 6.45) is -4.33. The highest BCUT2D eigenvalue weighted by atomic mass is 32.2. The number of hydrogen-bond donors (Lipinski definition) is 0. The monoisotopic (exact) mass is 808 g/mol. The lowest BCUT2D eigenvalue weighted by Gasteiger charge is -2.24. The van der Waals surface area contributed by atoms with Crippen molar-refractivity contribution in [2.45, 2.75) is 60.0 Å². The summed E-state index contributed by atoms with van der Waals surface area (Å²) >= 11 is 0. The van der Waals surface area contributed by atoms with Gasteiger partial charge in [0.1, 0.15) is 35.6 Å². The Bertz CT molecular complexity index is 2680. The SMILES string of the molecule is Cc1ccc(S(=O)(=O)OC[C@H]2O[C@@H](n3cnc4c(-c5ccc(F)cc5)ncnc43)[C@H](OS(=O)(=O)c3ccc(C)cc3)[C@@H]2OS(=O)(=O)c2ccc(C)cc2)cc1. The molecular formula is C37H33FN4O10S3. The fourth-order valence-electron chi connectivity index (χ4n) is 5.89. The number of rotatable bonds is 12. The molecule has 0 radical (unpaired) electrons. The summed E-state index contributed by atoms with van der Waals surface area (Å²) in [5, 5.41) is 0. The Kier molecular flexibility index (Phi) is 10.4. The van der Waals surface area contributed by atoms with E-state index in [2.05, 4.69) is 15.0 Å². The quantitative estimate of drug-likeness (QED) is 0.143. The molecule has 55 heavy (non-hydrogen) atoms. The Labute approximate surface area is 316 Å². The van der Waals surface area contributed by atoms with Gasteiger partial charge in [-0.3, -0.25) is 17.1 Å². The summed E-state index contributed by atoms with van der Waals surface area (Å²) in [7, 11) is -13.8. The molecule has 0 saturated carbocycles. The number of ether oxygens (including phenoxy) is 1. The lowest BCUT2D eigenvalue weighted by Crippen LogP contribution is -2.41. The lowest BCUT2D eigenvalue weighted by molar-refractivity contribution is -0.0419. The largest absolute Gasteiger partial charge is 0.346 e. The van der Waals surface area contributed by atoms with Gasteiger partial charge in [-0.2, -0.15) is 25.3 Å².